The van der Waals surface area contributed by atoms with E-state index in [9.17, 15) is 0 Å². The predicted octanol–water partition coefficient (Wildman–Crippen LogP) is -0.00420. The van der Waals surface area contributed by atoms with Crippen molar-refractivity contribution in [2.24, 2.45) is 0 Å². The Morgan fingerprint density at radius 2 is 0.700 bits per heavy atom. The van der Waals surface area contributed by atoms with Crippen LogP contribution in [0.5, 0.6) is 0 Å². The first kappa shape index (κ1) is 22.5. The smallest absolute Gasteiger partial charge is 0.0402 e. The molecule has 0 aromatic carbocycles. The van der Waals surface area contributed by atoms with Gasteiger partial charge in [0, 0.05) is 59.8 Å². The summed E-state index contributed by atoms with van der Waals surface area (Å²) in [7, 11) is 0. The normalized spacial score (nSPS) is 5.40. The van der Waals surface area contributed by atoms with Gasteiger partial charge in [0.15, 0.2) is 0 Å². The molecule has 0 saturated carbocycles. The first-order valence-corrected chi connectivity index (χ1v) is 3.07. The molecule has 10 heavy (non-hydrogen) atoms. The van der Waals surface area contributed by atoms with Crippen LogP contribution in [-0.4, -0.2) is 35.1 Å². The summed E-state index contributed by atoms with van der Waals surface area (Å²) in [6, 6.07) is 0. The van der Waals surface area contributed by atoms with E-state index in [0.29, 0.717) is 0 Å². The fourth-order valence-corrected chi connectivity index (χ4v) is 0. The maximum atomic E-state index is 7.57. The van der Waals surface area contributed by atoms with Crippen LogP contribution in [0.2, 0.25) is 0 Å². The Balaban J connectivity index is -0.0000000257. The monoisotopic (exact) mass is 296 g/mol. The van der Waals surface area contributed by atoms with Gasteiger partial charge in [-0.1, -0.05) is 0 Å². The van der Waals surface area contributed by atoms with Gasteiger partial charge < -0.3 is 15.3 Å². The van der Waals surface area contributed by atoms with Crippen molar-refractivity contribution in [1.29, 1.82) is 0 Å². The quantitative estimate of drug-likeness (QED) is 0.589. The van der Waals surface area contributed by atoms with E-state index in [1.807, 2.05) is 0 Å². The van der Waals surface area contributed by atoms with Crippen molar-refractivity contribution in [2.45, 2.75) is 20.8 Å². The number of hydrogen-bond acceptors (Lipinski definition) is 3. The van der Waals surface area contributed by atoms with Gasteiger partial charge in [0.25, 0.3) is 0 Å². The molecule has 0 spiro atoms. The molecular weight excluding hydrogens is 277 g/mol. The van der Waals surface area contributed by atoms with E-state index in [0.717, 1.165) is 0 Å². The largest absolute Gasteiger partial charge is 0.397 e. The maximum absolute atomic E-state index is 7.57. The van der Waals surface area contributed by atoms with Gasteiger partial charge in [-0.3, -0.25) is 0 Å². The van der Waals surface area contributed by atoms with Crippen molar-refractivity contribution in [3.8, 4) is 0 Å². The van der Waals surface area contributed by atoms with Crippen molar-refractivity contribution in [3.63, 3.8) is 0 Å². The standard InChI is InChI=1S/3C2H6O.Gd/c3*1-2-3;/h3*3H,2H2,1H3;. The Morgan fingerprint density at radius 1 is 0.700 bits per heavy atom. The van der Waals surface area contributed by atoms with Crippen LogP contribution < -0.4 is 0 Å². The Hall–Kier alpha value is 1.20. The van der Waals surface area contributed by atoms with Crippen LogP contribution in [-0.2, 0) is 0 Å². The average Bonchev–Trinajstić information content (AvgIpc) is 1.70. The topological polar surface area (TPSA) is 60.7 Å². The molecule has 3 N–H and O–H groups in total. The summed E-state index contributed by atoms with van der Waals surface area (Å²) in [4.78, 5) is 0. The third-order valence-electron chi connectivity index (χ3n) is 0. The molecule has 0 amide bonds. The van der Waals surface area contributed by atoms with Gasteiger partial charge in [-0.2, -0.15) is 0 Å². The minimum Gasteiger partial charge on any atom is -0.397 e. The van der Waals surface area contributed by atoms with E-state index in [1.54, 1.807) is 20.8 Å². The first-order chi connectivity index (χ1) is 4.24. The van der Waals surface area contributed by atoms with Gasteiger partial charge >= 0.3 is 0 Å². The summed E-state index contributed by atoms with van der Waals surface area (Å²) in [5.41, 5.74) is 0. The maximum Gasteiger partial charge on any atom is 0.0402 e. The van der Waals surface area contributed by atoms with E-state index in [-0.39, 0.29) is 59.8 Å². The Kier molecular flexibility index (Phi) is 110. The van der Waals surface area contributed by atoms with Crippen molar-refractivity contribution < 1.29 is 55.3 Å². The third-order valence-corrected chi connectivity index (χ3v) is 0. The molecule has 0 aliphatic rings. The van der Waals surface area contributed by atoms with E-state index in [1.165, 1.54) is 0 Å². The SMILES string of the molecule is CCO.CCO.CCO.[Gd]. The summed E-state index contributed by atoms with van der Waals surface area (Å²) in [5, 5.41) is 22.7. The van der Waals surface area contributed by atoms with Crippen molar-refractivity contribution in [1.82, 2.24) is 0 Å². The fraction of sp³-hybridized carbons (Fsp3) is 1.00. The summed E-state index contributed by atoms with van der Waals surface area (Å²) >= 11 is 0. The minimum absolute atomic E-state index is 0. The molecular formula is C6H18GdO3. The zero-order valence-electron chi connectivity index (χ0n) is 6.82. The molecule has 68 valence electrons. The van der Waals surface area contributed by atoms with Gasteiger partial charge in [0.2, 0.25) is 0 Å². The number of rotatable bonds is 0. The number of aliphatic hydroxyl groups excluding tert-OH is 3. The van der Waals surface area contributed by atoms with E-state index < -0.39 is 0 Å². The zero-order chi connectivity index (χ0) is 8.12. The van der Waals surface area contributed by atoms with E-state index in [4.69, 9.17) is 15.3 Å². The van der Waals surface area contributed by atoms with Crippen molar-refractivity contribution >= 4 is 0 Å². The Morgan fingerprint density at radius 3 is 0.700 bits per heavy atom. The Labute approximate surface area is 95.1 Å². The van der Waals surface area contributed by atoms with Crippen LogP contribution >= 0.6 is 0 Å². The summed E-state index contributed by atoms with van der Waals surface area (Å²) in [6.07, 6.45) is 0. The number of hydrogen-bond donors (Lipinski definition) is 3. The van der Waals surface area contributed by atoms with Crippen LogP contribution in [0.3, 0.4) is 0 Å². The van der Waals surface area contributed by atoms with Gasteiger partial charge in [-0.05, 0) is 20.8 Å². The molecule has 0 atom stereocenters. The fourth-order valence-electron chi connectivity index (χ4n) is 0. The van der Waals surface area contributed by atoms with Crippen LogP contribution in [0.4, 0.5) is 0 Å². The predicted molar refractivity (Wildman–Crippen MR) is 38.3 cm³/mol. The molecule has 0 fully saturated rings. The van der Waals surface area contributed by atoms with Gasteiger partial charge in [-0.15, -0.1) is 0 Å². The molecule has 0 aliphatic heterocycles. The third kappa shape index (κ3) is 427. The molecule has 0 radical (unpaired) electrons. The van der Waals surface area contributed by atoms with Crippen LogP contribution in [0.15, 0.2) is 0 Å². The zero-order valence-corrected chi connectivity index (χ0v) is 9.08. The van der Waals surface area contributed by atoms with Gasteiger partial charge in [0.1, 0.15) is 0 Å². The van der Waals surface area contributed by atoms with Crippen molar-refractivity contribution in [3.05, 3.63) is 0 Å². The molecule has 0 aromatic rings. The number of aliphatic hydroxyl groups is 3. The second kappa shape index (κ2) is 48.9. The summed E-state index contributed by atoms with van der Waals surface area (Å²) in [6.45, 7) is 5.79. The molecule has 0 aliphatic carbocycles. The molecule has 3 nitrogen and oxygen atoms in total. The summed E-state index contributed by atoms with van der Waals surface area (Å²) < 4.78 is 0. The van der Waals surface area contributed by atoms with Gasteiger partial charge in [-0.25, -0.2) is 0 Å². The van der Waals surface area contributed by atoms with Crippen LogP contribution in [0.25, 0.3) is 0 Å². The molecule has 4 heteroatoms. The first-order valence-electron chi connectivity index (χ1n) is 3.07. The van der Waals surface area contributed by atoms with E-state index in [2.05, 4.69) is 0 Å². The van der Waals surface area contributed by atoms with Gasteiger partial charge in [0.05, 0.1) is 0 Å². The minimum atomic E-state index is 0. The second-order valence-corrected chi connectivity index (χ2v) is 0.949. The molecule has 0 aromatic heterocycles. The summed E-state index contributed by atoms with van der Waals surface area (Å²) in [5.74, 6) is 0. The molecule has 0 rings (SSSR count). The molecule has 0 heterocycles. The van der Waals surface area contributed by atoms with Crippen LogP contribution in [0.1, 0.15) is 20.8 Å². The molecule has 0 unspecified atom stereocenters. The second-order valence-electron chi connectivity index (χ2n) is 0.949. The van der Waals surface area contributed by atoms with Crippen molar-refractivity contribution in [2.75, 3.05) is 19.8 Å². The average molecular weight is 295 g/mol. The molecule has 0 bridgehead atoms. The Bertz CT molecular complexity index is 17.7. The van der Waals surface area contributed by atoms with Crippen LogP contribution in [0, 0.1) is 39.9 Å². The molecule has 0 saturated heterocycles. The van der Waals surface area contributed by atoms with E-state index >= 15 is 0 Å².